The first-order chi connectivity index (χ1) is 17.0. The van der Waals surface area contributed by atoms with Crippen LogP contribution in [0.5, 0.6) is 5.75 Å². The van der Waals surface area contributed by atoms with Gasteiger partial charge in [0.15, 0.2) is 5.11 Å². The lowest BCUT2D eigenvalue weighted by atomic mass is 9.92. The van der Waals surface area contributed by atoms with Gasteiger partial charge in [-0.05, 0) is 71.6 Å². The van der Waals surface area contributed by atoms with Gasteiger partial charge in [0.25, 0.3) is 15.9 Å². The van der Waals surface area contributed by atoms with Crippen molar-refractivity contribution in [1.29, 1.82) is 0 Å². The summed E-state index contributed by atoms with van der Waals surface area (Å²) in [6.45, 7) is 7.91. The molecule has 3 rings (SSSR count). The third-order valence-electron chi connectivity index (χ3n) is 5.20. The second-order valence-corrected chi connectivity index (χ2v) is 10.6. The van der Waals surface area contributed by atoms with E-state index < -0.39 is 15.9 Å². The summed E-state index contributed by atoms with van der Waals surface area (Å²) < 4.78 is 27.3. The number of amides is 1. The number of benzene rings is 2. The fourth-order valence-corrected chi connectivity index (χ4v) is 4.35. The summed E-state index contributed by atoms with van der Waals surface area (Å²) in [7, 11) is -3.87. The van der Waals surface area contributed by atoms with Crippen LogP contribution in [0.2, 0.25) is 0 Å². The van der Waals surface area contributed by atoms with Gasteiger partial charge in [-0.1, -0.05) is 33.8 Å². The van der Waals surface area contributed by atoms with Crippen molar-refractivity contribution in [3.63, 3.8) is 0 Å². The van der Waals surface area contributed by atoms with Crippen molar-refractivity contribution in [1.82, 2.24) is 20.8 Å². The van der Waals surface area contributed by atoms with Gasteiger partial charge in [0.05, 0.1) is 10.5 Å². The van der Waals surface area contributed by atoms with E-state index in [0.29, 0.717) is 11.3 Å². The molecule has 0 aliphatic heterocycles. The minimum Gasteiger partial charge on any atom is -0.507 e. The molecule has 0 unspecified atom stereocenters. The summed E-state index contributed by atoms with van der Waals surface area (Å²) in [5, 5.41) is 13.5. The highest BCUT2D eigenvalue weighted by molar-refractivity contribution is 7.92. The third kappa shape index (κ3) is 6.67. The summed E-state index contributed by atoms with van der Waals surface area (Å²) in [5.41, 5.74) is 7.34. The van der Waals surface area contributed by atoms with Gasteiger partial charge in [-0.15, -0.1) is 0 Å². The number of phenolic OH excluding ortho intramolecular Hbond substituents is 1. The lowest BCUT2D eigenvalue weighted by molar-refractivity contribution is 0.0941. The van der Waals surface area contributed by atoms with E-state index >= 15 is 0 Å². The topological polar surface area (TPSA) is 145 Å². The first-order valence-corrected chi connectivity index (χ1v) is 13.0. The number of nitrogens with one attached hydrogen (secondary N) is 4. The zero-order chi connectivity index (χ0) is 26.5. The van der Waals surface area contributed by atoms with Gasteiger partial charge >= 0.3 is 0 Å². The van der Waals surface area contributed by atoms with E-state index in [-0.39, 0.29) is 39.1 Å². The molecule has 0 aliphatic rings. The molecule has 0 atom stereocenters. The van der Waals surface area contributed by atoms with Crippen LogP contribution in [0.25, 0.3) is 0 Å². The number of carbonyl (C=O) groups excluding carboxylic acids is 1. The zero-order valence-corrected chi connectivity index (χ0v) is 21.9. The molecule has 3 aromatic rings. The highest BCUT2D eigenvalue weighted by atomic mass is 32.2. The molecule has 0 radical (unpaired) electrons. The molecular formula is C24H28N6O4S2. The number of aromatic hydroxyl groups is 1. The molecule has 1 aromatic heterocycles. The predicted octanol–water partition coefficient (Wildman–Crippen LogP) is 3.86. The van der Waals surface area contributed by atoms with Gasteiger partial charge in [0, 0.05) is 18.1 Å². The standard InChI is InChI=1S/C24H28N6O4S2/c1-14(2)16-12-19(15(3)4)21(31)20(13-16)22(32)28-29-24(35)27-17-6-8-18(9-7-17)36(33,34)30-23-25-10-5-11-26-23/h5-15,31H,1-4H3,(H,28,32)(H,25,26,30)(H2,27,29,35). The number of thiocarbonyl (C=S) groups is 1. The summed E-state index contributed by atoms with van der Waals surface area (Å²) in [5.74, 6) is -0.442. The number of aromatic nitrogens is 2. The zero-order valence-electron chi connectivity index (χ0n) is 20.2. The molecular weight excluding hydrogens is 500 g/mol. The average molecular weight is 529 g/mol. The number of anilines is 2. The highest BCUT2D eigenvalue weighted by Crippen LogP contribution is 2.33. The van der Waals surface area contributed by atoms with E-state index in [4.69, 9.17) is 12.2 Å². The number of hydrogen-bond acceptors (Lipinski definition) is 7. The smallest absolute Gasteiger partial charge is 0.273 e. The monoisotopic (exact) mass is 528 g/mol. The van der Waals surface area contributed by atoms with Crippen LogP contribution >= 0.6 is 12.2 Å². The Balaban J connectivity index is 1.63. The molecule has 0 spiro atoms. The molecule has 0 bridgehead atoms. The van der Waals surface area contributed by atoms with E-state index in [9.17, 15) is 18.3 Å². The molecule has 10 nitrogen and oxygen atoms in total. The molecule has 5 N–H and O–H groups in total. The molecule has 12 heteroatoms. The van der Waals surface area contributed by atoms with E-state index in [0.717, 1.165) is 5.56 Å². The fraction of sp³-hybridized carbons (Fsp3) is 0.250. The molecule has 190 valence electrons. The molecule has 0 aliphatic carbocycles. The molecule has 1 amide bonds. The van der Waals surface area contributed by atoms with Crippen LogP contribution in [0.4, 0.5) is 11.6 Å². The highest BCUT2D eigenvalue weighted by Gasteiger charge is 2.20. The maximum atomic E-state index is 12.8. The summed E-state index contributed by atoms with van der Waals surface area (Å²) >= 11 is 5.22. The van der Waals surface area contributed by atoms with Gasteiger partial charge in [-0.25, -0.2) is 23.1 Å². The first-order valence-electron chi connectivity index (χ1n) is 11.1. The first kappa shape index (κ1) is 26.8. The van der Waals surface area contributed by atoms with Crippen LogP contribution in [-0.4, -0.2) is 34.5 Å². The van der Waals surface area contributed by atoms with E-state index in [1.54, 1.807) is 12.1 Å². The Bertz CT molecular complexity index is 1350. The van der Waals surface area contributed by atoms with Gasteiger partial charge in [0.1, 0.15) is 5.75 Å². The second-order valence-electron chi connectivity index (χ2n) is 8.55. The number of carbonyl (C=O) groups is 1. The molecule has 0 saturated heterocycles. The molecule has 0 saturated carbocycles. The number of hydrogen-bond donors (Lipinski definition) is 5. The maximum Gasteiger partial charge on any atom is 0.273 e. The van der Waals surface area contributed by atoms with E-state index in [1.165, 1.54) is 36.7 Å². The molecule has 1 heterocycles. The second kappa shape index (κ2) is 11.3. The Kier molecular flexibility index (Phi) is 8.43. The number of sulfonamides is 1. The SMILES string of the molecule is CC(C)c1cc(C(=O)NNC(=S)Nc2ccc(S(=O)(=O)Nc3ncccn3)cc2)c(O)c(C(C)C)c1. The fourth-order valence-electron chi connectivity index (χ4n) is 3.22. The average Bonchev–Trinajstić information content (AvgIpc) is 2.83. The Hall–Kier alpha value is -3.77. The summed E-state index contributed by atoms with van der Waals surface area (Å²) in [6, 6.07) is 11.0. The van der Waals surface area contributed by atoms with Gasteiger partial charge in [0.2, 0.25) is 5.95 Å². The van der Waals surface area contributed by atoms with Crippen molar-refractivity contribution in [2.24, 2.45) is 0 Å². The largest absolute Gasteiger partial charge is 0.507 e. The summed E-state index contributed by atoms with van der Waals surface area (Å²) in [4.78, 5) is 20.5. The van der Waals surface area contributed by atoms with Crippen LogP contribution < -0.4 is 20.9 Å². The molecule has 36 heavy (non-hydrogen) atoms. The van der Waals surface area contributed by atoms with Gasteiger partial charge in [-0.3, -0.25) is 15.6 Å². The summed E-state index contributed by atoms with van der Waals surface area (Å²) in [6.07, 6.45) is 2.85. The van der Waals surface area contributed by atoms with Crippen LogP contribution in [0.15, 0.2) is 59.8 Å². The number of hydrazine groups is 1. The Labute approximate surface area is 215 Å². The third-order valence-corrected chi connectivity index (χ3v) is 6.75. The van der Waals surface area contributed by atoms with Crippen molar-refractivity contribution >= 4 is 44.9 Å². The Morgan fingerprint density at radius 2 is 1.61 bits per heavy atom. The van der Waals surface area contributed by atoms with Crippen molar-refractivity contribution in [2.75, 3.05) is 10.0 Å². The molecule has 2 aromatic carbocycles. The minimum absolute atomic E-state index is 0.00847. The van der Waals surface area contributed by atoms with Crippen molar-refractivity contribution in [3.8, 4) is 5.75 Å². The lowest BCUT2D eigenvalue weighted by Crippen LogP contribution is -2.43. The van der Waals surface area contributed by atoms with Crippen molar-refractivity contribution in [2.45, 2.75) is 44.4 Å². The minimum atomic E-state index is -3.87. The van der Waals surface area contributed by atoms with E-state index in [2.05, 4.69) is 30.9 Å². The van der Waals surface area contributed by atoms with Crippen molar-refractivity contribution < 1.29 is 18.3 Å². The number of nitrogens with zero attached hydrogens (tertiary/aromatic N) is 2. The molecule has 0 fully saturated rings. The maximum absolute atomic E-state index is 12.8. The predicted molar refractivity (Wildman–Crippen MR) is 142 cm³/mol. The van der Waals surface area contributed by atoms with Gasteiger partial charge in [-0.2, -0.15) is 0 Å². The van der Waals surface area contributed by atoms with Crippen LogP contribution in [0, 0.1) is 0 Å². The van der Waals surface area contributed by atoms with E-state index in [1.807, 2.05) is 33.8 Å². The quantitative estimate of drug-likeness (QED) is 0.228. The lowest BCUT2D eigenvalue weighted by Gasteiger charge is -2.17. The van der Waals surface area contributed by atoms with Crippen LogP contribution in [-0.2, 0) is 10.0 Å². The van der Waals surface area contributed by atoms with Gasteiger partial charge < -0.3 is 10.4 Å². The van der Waals surface area contributed by atoms with Crippen LogP contribution in [0.1, 0.15) is 61.0 Å². The normalized spacial score (nSPS) is 11.3. The van der Waals surface area contributed by atoms with Crippen LogP contribution in [0.3, 0.4) is 0 Å². The number of rotatable bonds is 7. The van der Waals surface area contributed by atoms with Crippen molar-refractivity contribution in [3.05, 3.63) is 71.5 Å². The number of phenols is 1. The Morgan fingerprint density at radius 1 is 0.972 bits per heavy atom. The Morgan fingerprint density at radius 3 is 2.19 bits per heavy atom.